The van der Waals surface area contributed by atoms with Crippen LogP contribution in [0.2, 0.25) is 5.02 Å². The third kappa shape index (κ3) is 3.33. The molecule has 0 aliphatic rings. The molecule has 3 heteroatoms. The fraction of sp³-hybridized carbons (Fsp3) is 0.294. The quantitative estimate of drug-likeness (QED) is 0.910. The summed E-state index contributed by atoms with van der Waals surface area (Å²) in [4.78, 5) is 0. The van der Waals surface area contributed by atoms with Gasteiger partial charge in [-0.25, -0.2) is 0 Å². The first kappa shape index (κ1) is 14.9. The Kier molecular flexibility index (Phi) is 4.69. The van der Waals surface area contributed by atoms with Gasteiger partial charge in [-0.15, -0.1) is 0 Å². The molecule has 0 spiro atoms. The fourth-order valence-electron chi connectivity index (χ4n) is 2.38. The van der Waals surface area contributed by atoms with Gasteiger partial charge in [-0.2, -0.15) is 0 Å². The average molecular weight is 290 g/mol. The number of nitrogens with two attached hydrogens (primary N) is 1. The largest absolute Gasteiger partial charge is 0.487 e. The summed E-state index contributed by atoms with van der Waals surface area (Å²) in [5.41, 5.74) is 11.6. The molecular weight excluding hydrogens is 270 g/mol. The normalized spacial score (nSPS) is 10.7. The van der Waals surface area contributed by atoms with Crippen LogP contribution >= 0.6 is 11.6 Å². The molecule has 0 aliphatic heterocycles. The van der Waals surface area contributed by atoms with Crippen LogP contribution < -0.4 is 10.5 Å². The monoisotopic (exact) mass is 289 g/mol. The summed E-state index contributed by atoms with van der Waals surface area (Å²) in [7, 11) is 0. The lowest BCUT2D eigenvalue weighted by Crippen LogP contribution is -2.02. The molecule has 2 aromatic carbocycles. The fourth-order valence-corrected chi connectivity index (χ4v) is 2.63. The van der Waals surface area contributed by atoms with Crippen molar-refractivity contribution in [2.75, 3.05) is 0 Å². The zero-order valence-corrected chi connectivity index (χ0v) is 12.9. The molecule has 0 fully saturated rings. The number of halogens is 1. The number of hydrogen-bond acceptors (Lipinski definition) is 2. The first-order valence-electron chi connectivity index (χ1n) is 6.69. The van der Waals surface area contributed by atoms with Crippen LogP contribution in [0.5, 0.6) is 5.75 Å². The predicted molar refractivity (Wildman–Crippen MR) is 84.3 cm³/mol. The molecule has 0 saturated carbocycles. The Morgan fingerprint density at radius 3 is 2.25 bits per heavy atom. The summed E-state index contributed by atoms with van der Waals surface area (Å²) >= 11 is 6.20. The van der Waals surface area contributed by atoms with Gasteiger partial charge >= 0.3 is 0 Å². The molecule has 2 aromatic rings. The maximum atomic E-state index is 6.20. The first-order chi connectivity index (χ1) is 9.51. The maximum absolute atomic E-state index is 6.20. The number of aryl methyl sites for hydroxylation is 3. The van der Waals surface area contributed by atoms with E-state index in [0.29, 0.717) is 23.9 Å². The van der Waals surface area contributed by atoms with Gasteiger partial charge in [-0.3, -0.25) is 0 Å². The topological polar surface area (TPSA) is 35.2 Å². The maximum Gasteiger partial charge on any atom is 0.138 e. The summed E-state index contributed by atoms with van der Waals surface area (Å²) < 4.78 is 5.85. The third-order valence-electron chi connectivity index (χ3n) is 3.44. The summed E-state index contributed by atoms with van der Waals surface area (Å²) in [5.74, 6) is 0.697. The van der Waals surface area contributed by atoms with Gasteiger partial charge in [0, 0.05) is 6.54 Å². The van der Waals surface area contributed by atoms with Crippen molar-refractivity contribution in [1.29, 1.82) is 0 Å². The third-order valence-corrected chi connectivity index (χ3v) is 3.74. The Hall–Kier alpha value is -1.51. The van der Waals surface area contributed by atoms with Gasteiger partial charge in [0.15, 0.2) is 0 Å². The second-order valence-corrected chi connectivity index (χ2v) is 5.54. The van der Waals surface area contributed by atoms with Crippen LogP contribution in [0.15, 0.2) is 30.3 Å². The molecule has 0 bridgehead atoms. The van der Waals surface area contributed by atoms with E-state index in [1.165, 1.54) is 22.3 Å². The van der Waals surface area contributed by atoms with E-state index in [2.05, 4.69) is 32.9 Å². The lowest BCUT2D eigenvalue weighted by atomic mass is 10.0. The Morgan fingerprint density at radius 2 is 1.70 bits per heavy atom. The van der Waals surface area contributed by atoms with Crippen molar-refractivity contribution in [3.63, 3.8) is 0 Å². The number of benzene rings is 2. The highest BCUT2D eigenvalue weighted by molar-refractivity contribution is 6.32. The van der Waals surface area contributed by atoms with Gasteiger partial charge in [-0.1, -0.05) is 35.4 Å². The molecule has 106 valence electrons. The molecule has 0 saturated heterocycles. The second kappa shape index (κ2) is 6.29. The number of hydrogen-bond donors (Lipinski definition) is 1. The lowest BCUT2D eigenvalue weighted by Gasteiger charge is -2.14. The molecule has 20 heavy (non-hydrogen) atoms. The van der Waals surface area contributed by atoms with E-state index in [9.17, 15) is 0 Å². The minimum atomic E-state index is 0.482. The van der Waals surface area contributed by atoms with Gasteiger partial charge in [0.2, 0.25) is 0 Å². The molecule has 0 aliphatic carbocycles. The zero-order valence-electron chi connectivity index (χ0n) is 12.2. The smallest absolute Gasteiger partial charge is 0.138 e. The van der Waals surface area contributed by atoms with Crippen molar-refractivity contribution in [3.05, 3.63) is 63.2 Å². The highest BCUT2D eigenvalue weighted by Gasteiger charge is 2.07. The van der Waals surface area contributed by atoms with Crippen LogP contribution in [0.4, 0.5) is 0 Å². The van der Waals surface area contributed by atoms with Gasteiger partial charge in [-0.05, 0) is 55.2 Å². The van der Waals surface area contributed by atoms with Crippen molar-refractivity contribution < 1.29 is 4.74 Å². The predicted octanol–water partition coefficient (Wildman–Crippen LogP) is 4.30. The SMILES string of the molecule is Cc1cc(C)c(COc2ccc(CN)cc2Cl)c(C)c1. The van der Waals surface area contributed by atoms with E-state index in [1.54, 1.807) is 0 Å². The van der Waals surface area contributed by atoms with Crippen LogP contribution in [0, 0.1) is 20.8 Å². The van der Waals surface area contributed by atoms with Gasteiger partial charge in [0.25, 0.3) is 0 Å². The van der Waals surface area contributed by atoms with Gasteiger partial charge in [0.05, 0.1) is 5.02 Å². The van der Waals surface area contributed by atoms with Crippen LogP contribution in [0.1, 0.15) is 27.8 Å². The zero-order chi connectivity index (χ0) is 14.7. The Balaban J connectivity index is 2.17. The highest BCUT2D eigenvalue weighted by atomic mass is 35.5. The standard InChI is InChI=1S/C17H20ClNO/c1-11-6-12(2)15(13(3)7-11)10-20-17-5-4-14(9-19)8-16(17)18/h4-8H,9-10,19H2,1-3H3. The first-order valence-corrected chi connectivity index (χ1v) is 7.07. The Morgan fingerprint density at radius 1 is 1.05 bits per heavy atom. The van der Waals surface area contributed by atoms with Crippen molar-refractivity contribution in [1.82, 2.24) is 0 Å². The molecule has 0 heterocycles. The molecule has 0 amide bonds. The van der Waals surface area contributed by atoms with Crippen molar-refractivity contribution in [2.45, 2.75) is 33.9 Å². The molecule has 2 rings (SSSR count). The minimum absolute atomic E-state index is 0.482. The van der Waals surface area contributed by atoms with E-state index in [4.69, 9.17) is 22.1 Å². The van der Waals surface area contributed by atoms with Gasteiger partial charge in [0.1, 0.15) is 12.4 Å². The molecule has 0 radical (unpaired) electrons. The van der Waals surface area contributed by atoms with E-state index in [1.807, 2.05) is 18.2 Å². The van der Waals surface area contributed by atoms with E-state index in [0.717, 1.165) is 5.56 Å². The summed E-state index contributed by atoms with van der Waals surface area (Å²) in [6.45, 7) is 7.33. The lowest BCUT2D eigenvalue weighted by molar-refractivity contribution is 0.304. The molecule has 0 atom stereocenters. The Labute approximate surface area is 125 Å². The van der Waals surface area contributed by atoms with Crippen LogP contribution in [-0.4, -0.2) is 0 Å². The minimum Gasteiger partial charge on any atom is -0.487 e. The van der Waals surface area contributed by atoms with Crippen LogP contribution in [-0.2, 0) is 13.2 Å². The van der Waals surface area contributed by atoms with Gasteiger partial charge < -0.3 is 10.5 Å². The molecule has 2 nitrogen and oxygen atoms in total. The second-order valence-electron chi connectivity index (χ2n) is 5.13. The van der Waals surface area contributed by atoms with E-state index >= 15 is 0 Å². The number of ether oxygens (including phenoxy) is 1. The van der Waals surface area contributed by atoms with Crippen molar-refractivity contribution in [2.24, 2.45) is 5.73 Å². The average Bonchev–Trinajstić information content (AvgIpc) is 2.39. The molecule has 0 unspecified atom stereocenters. The number of rotatable bonds is 4. The van der Waals surface area contributed by atoms with Crippen molar-refractivity contribution >= 4 is 11.6 Å². The van der Waals surface area contributed by atoms with Crippen molar-refractivity contribution in [3.8, 4) is 5.75 Å². The van der Waals surface area contributed by atoms with E-state index in [-0.39, 0.29) is 0 Å². The highest BCUT2D eigenvalue weighted by Crippen LogP contribution is 2.27. The summed E-state index contributed by atoms with van der Waals surface area (Å²) in [5, 5.41) is 0.607. The van der Waals surface area contributed by atoms with Crippen LogP contribution in [0.25, 0.3) is 0 Å². The van der Waals surface area contributed by atoms with Crippen LogP contribution in [0.3, 0.4) is 0 Å². The molecular formula is C17H20ClNO. The molecule has 2 N–H and O–H groups in total. The Bertz CT molecular complexity index is 599. The molecule has 0 aromatic heterocycles. The van der Waals surface area contributed by atoms with E-state index < -0.39 is 0 Å². The summed E-state index contributed by atoms with van der Waals surface area (Å²) in [6, 6.07) is 10.0. The summed E-state index contributed by atoms with van der Waals surface area (Å²) in [6.07, 6.45) is 0.